The summed E-state index contributed by atoms with van der Waals surface area (Å²) in [5.74, 6) is 1.02. The molecule has 2 amide bonds. The van der Waals surface area contributed by atoms with Crippen LogP contribution in [0.5, 0.6) is 0 Å². The molecule has 0 saturated carbocycles. The van der Waals surface area contributed by atoms with Crippen molar-refractivity contribution in [3.8, 4) is 6.07 Å². The van der Waals surface area contributed by atoms with Crippen molar-refractivity contribution >= 4 is 34.5 Å². The summed E-state index contributed by atoms with van der Waals surface area (Å²) in [4.78, 5) is 29.0. The van der Waals surface area contributed by atoms with Gasteiger partial charge in [0.25, 0.3) is 5.91 Å². The highest BCUT2D eigenvalue weighted by Crippen LogP contribution is 2.28. The fraction of sp³-hybridized carbons (Fsp3) is 0.389. The molecule has 2 aliphatic rings. The fourth-order valence-electron chi connectivity index (χ4n) is 3.45. The molecule has 25 heavy (non-hydrogen) atoms. The lowest BCUT2D eigenvalue weighted by atomic mass is 10.1. The van der Waals surface area contributed by atoms with Crippen LogP contribution in [0.3, 0.4) is 0 Å². The topological polar surface area (TPSA) is 77.5 Å². The molecule has 0 aliphatic carbocycles. The van der Waals surface area contributed by atoms with Crippen LogP contribution in [0.15, 0.2) is 34.7 Å². The summed E-state index contributed by atoms with van der Waals surface area (Å²) in [6, 6.07) is 10.4. The van der Waals surface area contributed by atoms with Gasteiger partial charge in [0.1, 0.15) is 17.7 Å². The first kappa shape index (κ1) is 16.0. The lowest BCUT2D eigenvalue weighted by Gasteiger charge is -2.28. The van der Waals surface area contributed by atoms with Crippen molar-refractivity contribution in [3.05, 3.63) is 36.1 Å². The Balaban J connectivity index is 1.57. The minimum atomic E-state index is -0.504. The molecule has 0 bridgehead atoms. The fourth-order valence-corrected chi connectivity index (χ4v) is 4.54. The summed E-state index contributed by atoms with van der Waals surface area (Å²) < 4.78 is 5.67. The maximum atomic E-state index is 12.9. The van der Waals surface area contributed by atoms with Gasteiger partial charge in [0.05, 0.1) is 11.9 Å². The lowest BCUT2D eigenvalue weighted by molar-refractivity contribution is -0.134. The molecule has 1 aromatic heterocycles. The van der Waals surface area contributed by atoms with Crippen LogP contribution >= 0.6 is 11.8 Å². The van der Waals surface area contributed by atoms with Gasteiger partial charge in [0.15, 0.2) is 5.76 Å². The van der Waals surface area contributed by atoms with Gasteiger partial charge >= 0.3 is 0 Å². The van der Waals surface area contributed by atoms with Crippen LogP contribution in [-0.4, -0.2) is 51.9 Å². The number of likely N-dealkylation sites (tertiary alicyclic amines) is 1. The Kier molecular flexibility index (Phi) is 4.14. The standard InChI is InChI=1S/C18H17N3O3S/c19-9-13-10-25-11-21(13)17(22)14-5-3-7-20(14)18(23)16-8-12-4-1-2-6-15(12)24-16/h1-2,4,6,8,13-14H,3,5,7,10-11H2/t13-,14+/m1/s1. The van der Waals surface area contributed by atoms with Crippen LogP contribution in [-0.2, 0) is 4.79 Å². The number of fused-ring (bicyclic) bond motifs is 1. The molecule has 0 N–H and O–H groups in total. The van der Waals surface area contributed by atoms with E-state index in [0.717, 1.165) is 11.8 Å². The van der Waals surface area contributed by atoms with E-state index in [1.165, 1.54) is 0 Å². The van der Waals surface area contributed by atoms with E-state index in [1.807, 2.05) is 24.3 Å². The van der Waals surface area contributed by atoms with Crippen molar-refractivity contribution in [2.75, 3.05) is 18.2 Å². The van der Waals surface area contributed by atoms with E-state index in [-0.39, 0.29) is 17.6 Å². The first-order valence-corrected chi connectivity index (χ1v) is 9.42. The van der Waals surface area contributed by atoms with Gasteiger partial charge < -0.3 is 14.2 Å². The van der Waals surface area contributed by atoms with Crippen LogP contribution < -0.4 is 0 Å². The second kappa shape index (κ2) is 6.45. The summed E-state index contributed by atoms with van der Waals surface area (Å²) >= 11 is 1.57. The molecule has 2 atom stereocenters. The van der Waals surface area contributed by atoms with Gasteiger partial charge in [0.2, 0.25) is 5.91 Å². The van der Waals surface area contributed by atoms with Gasteiger partial charge in [-0.2, -0.15) is 5.26 Å². The van der Waals surface area contributed by atoms with Crippen molar-refractivity contribution < 1.29 is 14.0 Å². The summed E-state index contributed by atoms with van der Waals surface area (Å²) in [6.07, 6.45) is 1.41. The number of furan rings is 1. The number of amides is 2. The number of thioether (sulfide) groups is 1. The highest BCUT2D eigenvalue weighted by atomic mass is 32.2. The van der Waals surface area contributed by atoms with Crippen LogP contribution in [0.2, 0.25) is 0 Å². The number of carbonyl (C=O) groups is 2. The Labute approximate surface area is 149 Å². The third-order valence-corrected chi connectivity index (χ3v) is 5.76. The maximum Gasteiger partial charge on any atom is 0.290 e. The molecule has 0 spiro atoms. The molecule has 0 unspecified atom stereocenters. The lowest BCUT2D eigenvalue weighted by Crippen LogP contribution is -2.49. The number of hydrogen-bond acceptors (Lipinski definition) is 5. The Hall–Kier alpha value is -2.46. The first-order valence-electron chi connectivity index (χ1n) is 8.26. The number of carbonyl (C=O) groups excluding carboxylic acids is 2. The quantitative estimate of drug-likeness (QED) is 0.827. The van der Waals surface area contributed by atoms with Crippen molar-refractivity contribution in [1.29, 1.82) is 5.26 Å². The highest BCUT2D eigenvalue weighted by molar-refractivity contribution is 7.99. The zero-order chi connectivity index (χ0) is 17.4. The second-order valence-electron chi connectivity index (χ2n) is 6.26. The van der Waals surface area contributed by atoms with E-state index in [2.05, 4.69) is 6.07 Å². The third-order valence-electron chi connectivity index (χ3n) is 4.75. The molecule has 1 aromatic carbocycles. The molecule has 2 aliphatic heterocycles. The van der Waals surface area contributed by atoms with Gasteiger partial charge in [-0.3, -0.25) is 9.59 Å². The van der Waals surface area contributed by atoms with E-state index in [9.17, 15) is 14.9 Å². The third kappa shape index (κ3) is 2.76. The van der Waals surface area contributed by atoms with Gasteiger partial charge in [-0.1, -0.05) is 18.2 Å². The molecule has 2 saturated heterocycles. The van der Waals surface area contributed by atoms with Crippen molar-refractivity contribution in [2.24, 2.45) is 0 Å². The summed E-state index contributed by atoms with van der Waals surface area (Å²) in [7, 11) is 0. The molecule has 2 fully saturated rings. The predicted molar refractivity (Wildman–Crippen MR) is 93.8 cm³/mol. The molecule has 6 nitrogen and oxygen atoms in total. The van der Waals surface area contributed by atoms with E-state index in [0.29, 0.717) is 30.2 Å². The number of nitriles is 1. The number of rotatable bonds is 2. The zero-order valence-corrected chi connectivity index (χ0v) is 14.4. The largest absolute Gasteiger partial charge is 0.451 e. The summed E-state index contributed by atoms with van der Waals surface area (Å²) in [6.45, 7) is 0.532. The molecule has 4 rings (SSSR count). The summed E-state index contributed by atoms with van der Waals surface area (Å²) in [5.41, 5.74) is 0.661. The Morgan fingerprint density at radius 3 is 2.92 bits per heavy atom. The normalized spacial score (nSPS) is 23.2. The van der Waals surface area contributed by atoms with E-state index in [4.69, 9.17) is 4.42 Å². The first-order chi connectivity index (χ1) is 12.2. The molecule has 7 heteroatoms. The molecule has 128 valence electrons. The Bertz CT molecular complexity index is 839. The monoisotopic (exact) mass is 355 g/mol. The van der Waals surface area contributed by atoms with Gasteiger partial charge in [-0.25, -0.2) is 0 Å². The Morgan fingerprint density at radius 2 is 2.12 bits per heavy atom. The average Bonchev–Trinajstić information content (AvgIpc) is 3.38. The number of para-hydroxylation sites is 1. The molecule has 3 heterocycles. The number of nitrogens with zero attached hydrogens (tertiary/aromatic N) is 3. The van der Waals surface area contributed by atoms with E-state index in [1.54, 1.807) is 27.6 Å². The van der Waals surface area contributed by atoms with Crippen molar-refractivity contribution in [3.63, 3.8) is 0 Å². The predicted octanol–water partition coefficient (Wildman–Crippen LogP) is 2.46. The molecule has 0 radical (unpaired) electrons. The average molecular weight is 355 g/mol. The van der Waals surface area contributed by atoms with Crippen molar-refractivity contribution in [2.45, 2.75) is 24.9 Å². The van der Waals surface area contributed by atoms with Crippen LogP contribution in [0.4, 0.5) is 0 Å². The van der Waals surface area contributed by atoms with Crippen LogP contribution in [0.1, 0.15) is 23.4 Å². The smallest absolute Gasteiger partial charge is 0.290 e. The Morgan fingerprint density at radius 1 is 1.28 bits per heavy atom. The minimum Gasteiger partial charge on any atom is -0.451 e. The van der Waals surface area contributed by atoms with E-state index < -0.39 is 12.1 Å². The van der Waals surface area contributed by atoms with Gasteiger partial charge in [0, 0.05) is 17.7 Å². The number of hydrogen-bond donors (Lipinski definition) is 0. The summed E-state index contributed by atoms with van der Waals surface area (Å²) in [5, 5.41) is 10.1. The number of benzene rings is 1. The maximum absolute atomic E-state index is 12.9. The zero-order valence-electron chi connectivity index (χ0n) is 13.6. The van der Waals surface area contributed by atoms with Crippen molar-refractivity contribution in [1.82, 2.24) is 9.80 Å². The molecular formula is C18H17N3O3S. The van der Waals surface area contributed by atoms with Crippen LogP contribution in [0.25, 0.3) is 11.0 Å². The van der Waals surface area contributed by atoms with E-state index >= 15 is 0 Å². The molecular weight excluding hydrogens is 338 g/mol. The molecule has 2 aromatic rings. The SMILES string of the molecule is N#C[C@@H]1CSCN1C(=O)[C@@H]1CCCN1C(=O)c1cc2ccccc2o1. The van der Waals surface area contributed by atoms with Crippen LogP contribution in [0, 0.1) is 11.3 Å². The second-order valence-corrected chi connectivity index (χ2v) is 7.26. The highest BCUT2D eigenvalue weighted by Gasteiger charge is 2.41. The minimum absolute atomic E-state index is 0.126. The van der Waals surface area contributed by atoms with Gasteiger partial charge in [-0.05, 0) is 25.0 Å². The van der Waals surface area contributed by atoms with Gasteiger partial charge in [-0.15, -0.1) is 11.8 Å².